The van der Waals surface area contributed by atoms with Crippen LogP contribution in [0.2, 0.25) is 0 Å². The smallest absolute Gasteiger partial charge is 0.0611 e. The van der Waals surface area contributed by atoms with Gasteiger partial charge in [0.1, 0.15) is 0 Å². The van der Waals surface area contributed by atoms with Crippen molar-refractivity contribution in [3.63, 3.8) is 0 Å². The minimum atomic E-state index is -0.351. The molecule has 18 heavy (non-hydrogen) atoms. The van der Waals surface area contributed by atoms with Gasteiger partial charge in [-0.1, -0.05) is 20.8 Å². The minimum absolute atomic E-state index is 0.110. The molecule has 1 aliphatic heterocycles. The maximum atomic E-state index is 9.28. The maximum Gasteiger partial charge on any atom is 0.0611 e. The molecular weight excluding hydrogens is 224 g/mol. The Kier molecular flexibility index (Phi) is 6.61. The molecule has 1 atom stereocenters. The normalized spacial score (nSPS) is 22.3. The van der Waals surface area contributed by atoms with Crippen LogP contribution >= 0.6 is 0 Å². The summed E-state index contributed by atoms with van der Waals surface area (Å²) in [6, 6.07) is 0. The lowest BCUT2D eigenvalue weighted by molar-refractivity contribution is 0.141. The summed E-state index contributed by atoms with van der Waals surface area (Å²) < 4.78 is 0. The van der Waals surface area contributed by atoms with Gasteiger partial charge in [0.05, 0.1) is 6.61 Å². The van der Waals surface area contributed by atoms with Gasteiger partial charge in [-0.3, -0.25) is 0 Å². The number of nitrogens with two attached hydrogens (primary N) is 1. The van der Waals surface area contributed by atoms with Crippen LogP contribution < -0.4 is 5.73 Å². The second-order valence-electron chi connectivity index (χ2n) is 6.40. The number of hydrogen-bond acceptors (Lipinski definition) is 3. The highest BCUT2D eigenvalue weighted by Gasteiger charge is 2.23. The molecule has 0 amide bonds. The molecule has 1 aliphatic rings. The first-order valence-electron chi connectivity index (χ1n) is 7.63. The molecule has 1 rings (SSSR count). The largest absolute Gasteiger partial charge is 0.394 e. The van der Waals surface area contributed by atoms with Crippen molar-refractivity contribution in [2.45, 2.75) is 58.4 Å². The summed E-state index contributed by atoms with van der Waals surface area (Å²) in [5.74, 6) is 1.75. The van der Waals surface area contributed by atoms with Gasteiger partial charge in [-0.25, -0.2) is 0 Å². The molecule has 0 aromatic rings. The third-order valence-corrected chi connectivity index (χ3v) is 4.74. The van der Waals surface area contributed by atoms with E-state index in [9.17, 15) is 5.11 Å². The first kappa shape index (κ1) is 15.9. The topological polar surface area (TPSA) is 49.5 Å². The van der Waals surface area contributed by atoms with Crippen molar-refractivity contribution in [2.24, 2.45) is 17.6 Å². The molecule has 0 aliphatic carbocycles. The Labute approximate surface area is 113 Å². The Bertz CT molecular complexity index is 219. The van der Waals surface area contributed by atoms with Crippen LogP contribution in [0.25, 0.3) is 0 Å². The van der Waals surface area contributed by atoms with Crippen molar-refractivity contribution >= 4 is 0 Å². The van der Waals surface area contributed by atoms with Gasteiger partial charge >= 0.3 is 0 Å². The second kappa shape index (κ2) is 7.46. The predicted molar refractivity (Wildman–Crippen MR) is 77.5 cm³/mol. The molecule has 0 saturated carbocycles. The third-order valence-electron chi connectivity index (χ3n) is 4.74. The van der Waals surface area contributed by atoms with E-state index < -0.39 is 0 Å². The Morgan fingerprint density at radius 1 is 1.33 bits per heavy atom. The lowest BCUT2D eigenvalue weighted by Crippen LogP contribution is -2.44. The zero-order chi connectivity index (χ0) is 13.6. The molecule has 108 valence electrons. The predicted octanol–water partition coefficient (Wildman–Crippen LogP) is 2.23. The Morgan fingerprint density at radius 2 is 1.94 bits per heavy atom. The fraction of sp³-hybridized carbons (Fsp3) is 1.00. The van der Waals surface area contributed by atoms with Crippen molar-refractivity contribution in [2.75, 3.05) is 26.2 Å². The van der Waals surface area contributed by atoms with E-state index in [1.807, 2.05) is 0 Å². The zero-order valence-electron chi connectivity index (χ0n) is 12.5. The van der Waals surface area contributed by atoms with Crippen molar-refractivity contribution < 1.29 is 5.11 Å². The molecule has 3 heteroatoms. The molecule has 1 saturated heterocycles. The minimum Gasteiger partial charge on any atom is -0.394 e. The van der Waals surface area contributed by atoms with Crippen LogP contribution in [0.5, 0.6) is 0 Å². The SMILES string of the molecule is CCC(N)(CO)CCCN1CCC(C(C)C)CC1. The number of likely N-dealkylation sites (tertiary alicyclic amines) is 1. The van der Waals surface area contributed by atoms with E-state index in [1.54, 1.807) is 0 Å². The third kappa shape index (κ3) is 4.87. The Hall–Kier alpha value is -0.120. The molecule has 0 spiro atoms. The van der Waals surface area contributed by atoms with Gasteiger partial charge in [0.15, 0.2) is 0 Å². The second-order valence-corrected chi connectivity index (χ2v) is 6.40. The summed E-state index contributed by atoms with van der Waals surface area (Å²) in [5, 5.41) is 9.28. The summed E-state index contributed by atoms with van der Waals surface area (Å²) in [4.78, 5) is 2.56. The first-order valence-corrected chi connectivity index (χ1v) is 7.63. The van der Waals surface area contributed by atoms with E-state index in [4.69, 9.17) is 5.73 Å². The summed E-state index contributed by atoms with van der Waals surface area (Å²) in [6.45, 7) is 10.5. The number of aliphatic hydroxyl groups excluding tert-OH is 1. The Balaban J connectivity index is 2.18. The van der Waals surface area contributed by atoms with Crippen LogP contribution in [-0.2, 0) is 0 Å². The van der Waals surface area contributed by atoms with Gasteiger partial charge in [-0.05, 0) is 63.6 Å². The number of hydrogen-bond donors (Lipinski definition) is 2. The van der Waals surface area contributed by atoms with E-state index in [0.717, 1.165) is 37.6 Å². The van der Waals surface area contributed by atoms with Gasteiger partial charge in [-0.15, -0.1) is 0 Å². The molecule has 3 nitrogen and oxygen atoms in total. The summed E-state index contributed by atoms with van der Waals surface area (Å²) in [5.41, 5.74) is 5.75. The highest BCUT2D eigenvalue weighted by Crippen LogP contribution is 2.24. The van der Waals surface area contributed by atoms with Crippen LogP contribution in [0.15, 0.2) is 0 Å². The zero-order valence-corrected chi connectivity index (χ0v) is 12.5. The molecule has 1 unspecified atom stereocenters. The van der Waals surface area contributed by atoms with Gasteiger partial charge < -0.3 is 15.7 Å². The van der Waals surface area contributed by atoms with Gasteiger partial charge in [-0.2, -0.15) is 0 Å². The van der Waals surface area contributed by atoms with Crippen LogP contribution in [0.4, 0.5) is 0 Å². The van der Waals surface area contributed by atoms with E-state index in [-0.39, 0.29) is 12.1 Å². The van der Waals surface area contributed by atoms with Gasteiger partial charge in [0, 0.05) is 5.54 Å². The quantitative estimate of drug-likeness (QED) is 0.734. The molecule has 0 aromatic heterocycles. The lowest BCUT2D eigenvalue weighted by atomic mass is 9.86. The summed E-state index contributed by atoms with van der Waals surface area (Å²) in [7, 11) is 0. The van der Waals surface area contributed by atoms with Crippen LogP contribution in [0, 0.1) is 11.8 Å². The van der Waals surface area contributed by atoms with Crippen molar-refractivity contribution in [1.29, 1.82) is 0 Å². The van der Waals surface area contributed by atoms with Gasteiger partial charge in [0.25, 0.3) is 0 Å². The van der Waals surface area contributed by atoms with Crippen molar-refractivity contribution in [1.82, 2.24) is 4.90 Å². The number of piperidine rings is 1. The number of nitrogens with zero attached hydrogens (tertiary/aromatic N) is 1. The fourth-order valence-corrected chi connectivity index (χ4v) is 2.87. The van der Waals surface area contributed by atoms with E-state index in [1.165, 1.54) is 25.9 Å². The van der Waals surface area contributed by atoms with E-state index >= 15 is 0 Å². The first-order chi connectivity index (χ1) is 8.50. The Morgan fingerprint density at radius 3 is 2.39 bits per heavy atom. The van der Waals surface area contributed by atoms with Crippen LogP contribution in [-0.4, -0.2) is 41.8 Å². The molecule has 1 fully saturated rings. The van der Waals surface area contributed by atoms with Gasteiger partial charge in [0.2, 0.25) is 0 Å². The summed E-state index contributed by atoms with van der Waals surface area (Å²) in [6.07, 6.45) is 5.60. The van der Waals surface area contributed by atoms with Crippen LogP contribution in [0.3, 0.4) is 0 Å². The number of rotatable bonds is 7. The molecule has 1 heterocycles. The highest BCUT2D eigenvalue weighted by atomic mass is 16.3. The standard InChI is InChI=1S/C15H32N2O/c1-4-15(16,12-18)8-5-9-17-10-6-14(7-11-17)13(2)3/h13-14,18H,4-12,16H2,1-3H3. The molecule has 0 radical (unpaired) electrons. The average Bonchev–Trinajstić information content (AvgIpc) is 2.39. The number of aliphatic hydroxyl groups is 1. The van der Waals surface area contributed by atoms with Crippen molar-refractivity contribution in [3.8, 4) is 0 Å². The monoisotopic (exact) mass is 256 g/mol. The van der Waals surface area contributed by atoms with Crippen molar-refractivity contribution in [3.05, 3.63) is 0 Å². The molecule has 0 aromatic carbocycles. The van der Waals surface area contributed by atoms with Crippen LogP contribution in [0.1, 0.15) is 52.9 Å². The lowest BCUT2D eigenvalue weighted by Gasteiger charge is -2.34. The average molecular weight is 256 g/mol. The van der Waals surface area contributed by atoms with E-state index in [0.29, 0.717) is 0 Å². The maximum absolute atomic E-state index is 9.28. The van der Waals surface area contributed by atoms with E-state index in [2.05, 4.69) is 25.7 Å². The summed E-state index contributed by atoms with van der Waals surface area (Å²) >= 11 is 0. The fourth-order valence-electron chi connectivity index (χ4n) is 2.87. The molecule has 3 N–H and O–H groups in total. The molecule has 0 bridgehead atoms. The highest BCUT2D eigenvalue weighted by molar-refractivity contribution is 4.82. The molecular formula is C15H32N2O.